The van der Waals surface area contributed by atoms with E-state index in [9.17, 15) is 4.79 Å². The molecule has 0 spiro atoms. The molecule has 1 atom stereocenters. The average Bonchev–Trinajstić information content (AvgIpc) is 2.11. The molecule has 2 nitrogen and oxygen atoms in total. The lowest BCUT2D eigenvalue weighted by Gasteiger charge is -2.21. The van der Waals surface area contributed by atoms with Crippen molar-refractivity contribution in [3.8, 4) is 0 Å². The Kier molecular flexibility index (Phi) is 6.07. The molecule has 70 valence electrons. The molecule has 0 saturated carbocycles. The van der Waals surface area contributed by atoms with Crippen LogP contribution in [-0.4, -0.2) is 28.7 Å². The third kappa shape index (κ3) is 3.39. The summed E-state index contributed by atoms with van der Waals surface area (Å²) < 4.78 is 0. The van der Waals surface area contributed by atoms with Crippen LogP contribution in [0.5, 0.6) is 0 Å². The molecule has 12 heavy (non-hydrogen) atoms. The topological polar surface area (TPSA) is 20.3 Å². The minimum atomic E-state index is -0.0441. The van der Waals surface area contributed by atoms with Gasteiger partial charge in [0.2, 0.25) is 5.91 Å². The Bertz CT molecular complexity index is 159. The molecule has 0 bridgehead atoms. The van der Waals surface area contributed by atoms with Crippen molar-refractivity contribution in [3.63, 3.8) is 0 Å². The van der Waals surface area contributed by atoms with Gasteiger partial charge in [0.25, 0.3) is 0 Å². The number of likely N-dealkylation sites (N-methyl/N-ethyl adjacent to an activating group) is 1. The van der Waals surface area contributed by atoms with E-state index in [-0.39, 0.29) is 10.7 Å². The Morgan fingerprint density at radius 2 is 2.25 bits per heavy atom. The van der Waals surface area contributed by atoms with E-state index >= 15 is 0 Å². The van der Waals surface area contributed by atoms with Gasteiger partial charge in [-0.15, -0.1) is 6.58 Å². The maximum atomic E-state index is 11.5. The lowest BCUT2D eigenvalue weighted by atomic mass is 10.3. The summed E-state index contributed by atoms with van der Waals surface area (Å²) >= 11 is 3.33. The predicted octanol–water partition coefficient (Wildman–Crippen LogP) is 2.19. The first-order chi connectivity index (χ1) is 5.67. The van der Waals surface area contributed by atoms with Crippen LogP contribution in [0, 0.1) is 0 Å². The average molecular weight is 234 g/mol. The van der Waals surface area contributed by atoms with Gasteiger partial charge in [0.05, 0.1) is 4.83 Å². The molecule has 0 aromatic carbocycles. The molecule has 1 amide bonds. The number of amides is 1. The number of rotatable bonds is 5. The zero-order valence-electron chi connectivity index (χ0n) is 7.72. The second kappa shape index (κ2) is 6.23. The van der Waals surface area contributed by atoms with E-state index in [1.807, 2.05) is 13.8 Å². The molecule has 0 aromatic rings. The van der Waals surface area contributed by atoms with Crippen LogP contribution < -0.4 is 0 Å². The maximum Gasteiger partial charge on any atom is 0.236 e. The molecule has 0 aliphatic carbocycles. The predicted molar refractivity (Wildman–Crippen MR) is 55.5 cm³/mol. The normalized spacial score (nSPS) is 12.2. The van der Waals surface area contributed by atoms with Crippen LogP contribution in [0.4, 0.5) is 0 Å². The van der Waals surface area contributed by atoms with Gasteiger partial charge in [-0.25, -0.2) is 0 Å². The van der Waals surface area contributed by atoms with Crippen molar-refractivity contribution in [3.05, 3.63) is 12.7 Å². The van der Waals surface area contributed by atoms with Crippen molar-refractivity contribution in [1.29, 1.82) is 0 Å². The van der Waals surface area contributed by atoms with Crippen LogP contribution in [0.2, 0.25) is 0 Å². The number of hydrogen-bond donors (Lipinski definition) is 0. The summed E-state index contributed by atoms with van der Waals surface area (Å²) in [6, 6.07) is 0. The Morgan fingerprint density at radius 1 is 1.67 bits per heavy atom. The summed E-state index contributed by atoms with van der Waals surface area (Å²) in [6.45, 7) is 8.94. The van der Waals surface area contributed by atoms with Crippen molar-refractivity contribution < 1.29 is 4.79 Å². The van der Waals surface area contributed by atoms with Gasteiger partial charge in [-0.05, 0) is 13.3 Å². The van der Waals surface area contributed by atoms with Gasteiger partial charge in [0.1, 0.15) is 0 Å². The SMILES string of the molecule is C=CCN(CC)C(=O)C(Br)CC. The van der Waals surface area contributed by atoms with E-state index in [0.29, 0.717) is 6.54 Å². The second-order valence-electron chi connectivity index (χ2n) is 2.54. The monoisotopic (exact) mass is 233 g/mol. The standard InChI is InChI=1S/C9H16BrNO/c1-4-7-11(6-3)9(12)8(10)5-2/h4,8H,1,5-7H2,2-3H3. The van der Waals surface area contributed by atoms with E-state index in [1.54, 1.807) is 11.0 Å². The Balaban J connectivity index is 4.10. The fraction of sp³-hybridized carbons (Fsp3) is 0.667. The van der Waals surface area contributed by atoms with Crippen molar-refractivity contribution in [2.24, 2.45) is 0 Å². The quantitative estimate of drug-likeness (QED) is 0.527. The summed E-state index contributed by atoms with van der Waals surface area (Å²) in [5.41, 5.74) is 0. The molecule has 1 unspecified atom stereocenters. The van der Waals surface area contributed by atoms with E-state index in [4.69, 9.17) is 0 Å². The van der Waals surface area contributed by atoms with Gasteiger partial charge in [-0.3, -0.25) is 4.79 Å². The number of carbonyl (C=O) groups is 1. The van der Waals surface area contributed by atoms with Gasteiger partial charge in [-0.1, -0.05) is 28.9 Å². The zero-order chi connectivity index (χ0) is 9.56. The molecule has 0 heterocycles. The van der Waals surface area contributed by atoms with Gasteiger partial charge < -0.3 is 4.90 Å². The second-order valence-corrected chi connectivity index (χ2v) is 3.65. The van der Waals surface area contributed by atoms with Crippen molar-refractivity contribution in [2.75, 3.05) is 13.1 Å². The Labute approximate surface area is 82.8 Å². The first kappa shape index (κ1) is 11.7. The fourth-order valence-electron chi connectivity index (χ4n) is 0.903. The largest absolute Gasteiger partial charge is 0.338 e. The summed E-state index contributed by atoms with van der Waals surface area (Å²) in [6.07, 6.45) is 2.57. The lowest BCUT2D eigenvalue weighted by Crippen LogP contribution is -2.36. The molecule has 3 heteroatoms. The highest BCUT2D eigenvalue weighted by Gasteiger charge is 2.17. The van der Waals surface area contributed by atoms with E-state index in [2.05, 4.69) is 22.5 Å². The third-order valence-corrected chi connectivity index (χ3v) is 2.71. The number of halogens is 1. The van der Waals surface area contributed by atoms with Gasteiger partial charge in [-0.2, -0.15) is 0 Å². The summed E-state index contributed by atoms with van der Waals surface area (Å²) in [4.78, 5) is 13.3. The highest BCUT2D eigenvalue weighted by atomic mass is 79.9. The molecule has 0 rings (SSSR count). The van der Waals surface area contributed by atoms with Crippen LogP contribution in [0.3, 0.4) is 0 Å². The minimum absolute atomic E-state index is 0.0441. The number of carbonyl (C=O) groups excluding carboxylic acids is 1. The Hall–Kier alpha value is -0.310. The van der Waals surface area contributed by atoms with E-state index in [1.165, 1.54) is 0 Å². The molecule has 0 fully saturated rings. The molecule has 0 radical (unpaired) electrons. The van der Waals surface area contributed by atoms with Gasteiger partial charge in [0, 0.05) is 13.1 Å². The van der Waals surface area contributed by atoms with Gasteiger partial charge in [0.15, 0.2) is 0 Å². The van der Waals surface area contributed by atoms with E-state index in [0.717, 1.165) is 13.0 Å². The lowest BCUT2D eigenvalue weighted by molar-refractivity contribution is -0.129. The van der Waals surface area contributed by atoms with Crippen LogP contribution >= 0.6 is 15.9 Å². The van der Waals surface area contributed by atoms with Crippen LogP contribution in [0.15, 0.2) is 12.7 Å². The van der Waals surface area contributed by atoms with Crippen molar-refractivity contribution in [2.45, 2.75) is 25.1 Å². The number of nitrogens with zero attached hydrogens (tertiary/aromatic N) is 1. The molecule has 0 N–H and O–H groups in total. The van der Waals surface area contributed by atoms with Gasteiger partial charge >= 0.3 is 0 Å². The smallest absolute Gasteiger partial charge is 0.236 e. The fourth-order valence-corrected chi connectivity index (χ4v) is 1.19. The molecule has 0 saturated heterocycles. The Morgan fingerprint density at radius 3 is 2.58 bits per heavy atom. The highest BCUT2D eigenvalue weighted by Crippen LogP contribution is 2.08. The number of alkyl halides is 1. The molecule has 0 aliphatic heterocycles. The van der Waals surface area contributed by atoms with Crippen LogP contribution in [0.1, 0.15) is 20.3 Å². The number of hydrogen-bond acceptors (Lipinski definition) is 1. The first-order valence-electron chi connectivity index (χ1n) is 4.21. The molecule has 0 aliphatic rings. The molecular formula is C9H16BrNO. The van der Waals surface area contributed by atoms with Crippen molar-refractivity contribution in [1.82, 2.24) is 4.90 Å². The molecule has 0 aromatic heterocycles. The minimum Gasteiger partial charge on any atom is -0.338 e. The first-order valence-corrected chi connectivity index (χ1v) is 5.12. The molecular weight excluding hydrogens is 218 g/mol. The summed E-state index contributed by atoms with van der Waals surface area (Å²) in [5.74, 6) is 0.153. The van der Waals surface area contributed by atoms with E-state index < -0.39 is 0 Å². The zero-order valence-corrected chi connectivity index (χ0v) is 9.30. The summed E-state index contributed by atoms with van der Waals surface area (Å²) in [7, 11) is 0. The van der Waals surface area contributed by atoms with Crippen LogP contribution in [0.25, 0.3) is 0 Å². The third-order valence-electron chi connectivity index (χ3n) is 1.67. The highest BCUT2D eigenvalue weighted by molar-refractivity contribution is 9.10. The van der Waals surface area contributed by atoms with Crippen LogP contribution in [-0.2, 0) is 4.79 Å². The summed E-state index contributed by atoms with van der Waals surface area (Å²) in [5, 5.41) is 0. The maximum absolute atomic E-state index is 11.5. The van der Waals surface area contributed by atoms with Crippen molar-refractivity contribution >= 4 is 21.8 Å².